The number of benzene rings is 2. The van der Waals surface area contributed by atoms with Crippen LogP contribution in [0.4, 0.5) is 0 Å². The van der Waals surface area contributed by atoms with E-state index in [2.05, 4.69) is 0 Å². The van der Waals surface area contributed by atoms with E-state index in [4.69, 9.17) is 23.7 Å². The van der Waals surface area contributed by atoms with Gasteiger partial charge >= 0.3 is 0 Å². The van der Waals surface area contributed by atoms with Crippen LogP contribution < -0.4 is 19.6 Å². The van der Waals surface area contributed by atoms with Gasteiger partial charge in [0.05, 0.1) is 31.8 Å². The molecule has 0 unspecified atom stereocenters. The van der Waals surface area contributed by atoms with Crippen molar-refractivity contribution >= 4 is 11.0 Å². The summed E-state index contributed by atoms with van der Waals surface area (Å²) in [5.41, 5.74) is 1.37. The first-order valence-electron chi connectivity index (χ1n) is 7.69. The molecule has 0 aliphatic heterocycles. The lowest BCUT2D eigenvalue weighted by molar-refractivity contribution is 0.201. The standard InChI is InChI=1S/C19H18O6/c1-22-16-6-3-12(9-18(16)23-2)15-11-25-17-10-13(24-8-7-20)4-5-14(17)19(15)21/h3-6,9-11,20H,7-8H2,1-2H3. The Morgan fingerprint density at radius 3 is 2.56 bits per heavy atom. The van der Waals surface area contributed by atoms with Crippen LogP contribution in [0.3, 0.4) is 0 Å². The fourth-order valence-corrected chi connectivity index (χ4v) is 2.56. The highest BCUT2D eigenvalue weighted by Crippen LogP contribution is 2.32. The van der Waals surface area contributed by atoms with Crippen molar-refractivity contribution < 1.29 is 23.7 Å². The van der Waals surface area contributed by atoms with Crippen molar-refractivity contribution in [1.82, 2.24) is 0 Å². The molecule has 0 atom stereocenters. The van der Waals surface area contributed by atoms with Crippen molar-refractivity contribution in [2.24, 2.45) is 0 Å². The molecular weight excluding hydrogens is 324 g/mol. The molecule has 0 saturated carbocycles. The van der Waals surface area contributed by atoms with Gasteiger partial charge in [0.25, 0.3) is 0 Å². The van der Waals surface area contributed by atoms with Crippen LogP contribution >= 0.6 is 0 Å². The Kier molecular flexibility index (Phi) is 4.90. The SMILES string of the molecule is COc1ccc(-c2coc3cc(OCCO)ccc3c2=O)cc1OC. The Labute approximate surface area is 144 Å². The van der Waals surface area contributed by atoms with Crippen molar-refractivity contribution in [1.29, 1.82) is 0 Å². The minimum Gasteiger partial charge on any atom is -0.493 e. The van der Waals surface area contributed by atoms with Gasteiger partial charge in [0.1, 0.15) is 24.2 Å². The van der Waals surface area contributed by atoms with Crippen molar-refractivity contribution in [2.75, 3.05) is 27.4 Å². The molecule has 0 fully saturated rings. The Balaban J connectivity index is 2.06. The molecule has 0 spiro atoms. The molecule has 3 aromatic rings. The number of ether oxygens (including phenoxy) is 3. The number of rotatable bonds is 6. The third kappa shape index (κ3) is 3.29. The quantitative estimate of drug-likeness (QED) is 0.742. The third-order valence-electron chi connectivity index (χ3n) is 3.80. The Morgan fingerprint density at radius 1 is 1.04 bits per heavy atom. The second-order valence-electron chi connectivity index (χ2n) is 5.28. The highest BCUT2D eigenvalue weighted by molar-refractivity contribution is 5.83. The van der Waals surface area contributed by atoms with E-state index in [0.29, 0.717) is 39.3 Å². The van der Waals surface area contributed by atoms with E-state index in [0.717, 1.165) is 0 Å². The number of aliphatic hydroxyl groups excluding tert-OH is 1. The summed E-state index contributed by atoms with van der Waals surface area (Å²) >= 11 is 0. The van der Waals surface area contributed by atoms with E-state index in [1.54, 1.807) is 50.6 Å². The monoisotopic (exact) mass is 342 g/mol. The van der Waals surface area contributed by atoms with Crippen LogP contribution in [-0.4, -0.2) is 32.5 Å². The predicted molar refractivity (Wildman–Crippen MR) is 93.6 cm³/mol. The summed E-state index contributed by atoms with van der Waals surface area (Å²) in [6.07, 6.45) is 1.42. The minimum absolute atomic E-state index is 0.0831. The molecule has 1 aromatic heterocycles. The first kappa shape index (κ1) is 16.9. The maximum atomic E-state index is 12.8. The number of fused-ring (bicyclic) bond motifs is 1. The zero-order valence-corrected chi connectivity index (χ0v) is 13.9. The van der Waals surface area contributed by atoms with Crippen LogP contribution in [0, 0.1) is 0 Å². The van der Waals surface area contributed by atoms with Crippen LogP contribution in [0.25, 0.3) is 22.1 Å². The predicted octanol–water partition coefficient (Wildman–Crippen LogP) is 2.85. The lowest BCUT2D eigenvalue weighted by Crippen LogP contribution is -2.06. The van der Waals surface area contributed by atoms with E-state index >= 15 is 0 Å². The molecule has 25 heavy (non-hydrogen) atoms. The Morgan fingerprint density at radius 2 is 1.84 bits per heavy atom. The van der Waals surface area contributed by atoms with E-state index < -0.39 is 0 Å². The average Bonchev–Trinajstić information content (AvgIpc) is 2.66. The van der Waals surface area contributed by atoms with Gasteiger partial charge in [-0.3, -0.25) is 4.79 Å². The third-order valence-corrected chi connectivity index (χ3v) is 3.80. The number of aliphatic hydroxyl groups is 1. The molecule has 0 bridgehead atoms. The van der Waals surface area contributed by atoms with Crippen molar-refractivity contribution in [3.63, 3.8) is 0 Å². The molecule has 6 nitrogen and oxygen atoms in total. The highest BCUT2D eigenvalue weighted by Gasteiger charge is 2.13. The largest absolute Gasteiger partial charge is 0.493 e. The van der Waals surface area contributed by atoms with Crippen LogP contribution in [0.5, 0.6) is 17.2 Å². The van der Waals surface area contributed by atoms with Crippen LogP contribution in [0.1, 0.15) is 0 Å². The van der Waals surface area contributed by atoms with E-state index in [-0.39, 0.29) is 18.6 Å². The molecule has 1 heterocycles. The zero-order chi connectivity index (χ0) is 17.8. The minimum atomic E-state index is -0.151. The maximum Gasteiger partial charge on any atom is 0.200 e. The van der Waals surface area contributed by atoms with Gasteiger partial charge in [-0.2, -0.15) is 0 Å². The van der Waals surface area contributed by atoms with Gasteiger partial charge in [-0.1, -0.05) is 6.07 Å². The van der Waals surface area contributed by atoms with E-state index in [9.17, 15) is 4.79 Å². The van der Waals surface area contributed by atoms with Gasteiger partial charge in [-0.15, -0.1) is 0 Å². The van der Waals surface area contributed by atoms with Crippen LogP contribution in [0.2, 0.25) is 0 Å². The number of methoxy groups -OCH3 is 2. The van der Waals surface area contributed by atoms with Gasteiger partial charge in [0, 0.05) is 6.07 Å². The summed E-state index contributed by atoms with van der Waals surface area (Å²) in [4.78, 5) is 12.8. The number of hydrogen-bond acceptors (Lipinski definition) is 6. The average molecular weight is 342 g/mol. The molecule has 0 radical (unpaired) electrons. The molecule has 3 rings (SSSR count). The van der Waals surface area contributed by atoms with E-state index in [1.165, 1.54) is 6.26 Å². The molecule has 0 amide bonds. The second-order valence-corrected chi connectivity index (χ2v) is 5.28. The smallest absolute Gasteiger partial charge is 0.200 e. The normalized spacial score (nSPS) is 10.7. The van der Waals surface area contributed by atoms with Crippen LogP contribution in [0.15, 0.2) is 51.9 Å². The molecular formula is C19H18O6. The Hall–Kier alpha value is -2.99. The molecule has 0 saturated heterocycles. The van der Waals surface area contributed by atoms with Gasteiger partial charge in [0.2, 0.25) is 0 Å². The van der Waals surface area contributed by atoms with E-state index in [1.807, 2.05) is 0 Å². The van der Waals surface area contributed by atoms with Crippen molar-refractivity contribution in [3.8, 4) is 28.4 Å². The molecule has 1 N–H and O–H groups in total. The topological polar surface area (TPSA) is 78.1 Å². The summed E-state index contributed by atoms with van der Waals surface area (Å²) in [5, 5.41) is 9.26. The summed E-state index contributed by atoms with van der Waals surface area (Å²) < 4.78 is 21.4. The highest BCUT2D eigenvalue weighted by atomic mass is 16.5. The van der Waals surface area contributed by atoms with Crippen LogP contribution in [-0.2, 0) is 0 Å². The first-order chi connectivity index (χ1) is 12.2. The summed E-state index contributed by atoms with van der Waals surface area (Å²) in [6, 6.07) is 10.2. The van der Waals surface area contributed by atoms with Gasteiger partial charge in [-0.05, 0) is 29.8 Å². The Bertz CT molecular complexity index is 944. The molecule has 130 valence electrons. The van der Waals surface area contributed by atoms with Gasteiger partial charge in [-0.25, -0.2) is 0 Å². The number of hydrogen-bond donors (Lipinski definition) is 1. The lowest BCUT2D eigenvalue weighted by atomic mass is 10.0. The fourth-order valence-electron chi connectivity index (χ4n) is 2.56. The summed E-state index contributed by atoms with van der Waals surface area (Å²) in [6.45, 7) is 0.0969. The fraction of sp³-hybridized carbons (Fsp3) is 0.211. The maximum absolute atomic E-state index is 12.8. The summed E-state index contributed by atoms with van der Waals surface area (Å²) in [7, 11) is 3.09. The van der Waals surface area contributed by atoms with Crippen molar-refractivity contribution in [3.05, 3.63) is 52.9 Å². The van der Waals surface area contributed by atoms with Gasteiger partial charge < -0.3 is 23.7 Å². The molecule has 0 aliphatic carbocycles. The summed E-state index contributed by atoms with van der Waals surface area (Å²) in [5.74, 6) is 1.65. The van der Waals surface area contributed by atoms with Crippen molar-refractivity contribution in [2.45, 2.75) is 0 Å². The lowest BCUT2D eigenvalue weighted by Gasteiger charge is -2.10. The second kappa shape index (κ2) is 7.27. The molecule has 0 aliphatic rings. The van der Waals surface area contributed by atoms with Gasteiger partial charge in [0.15, 0.2) is 16.9 Å². The molecule has 6 heteroatoms. The molecule has 2 aromatic carbocycles. The first-order valence-corrected chi connectivity index (χ1v) is 7.69. The zero-order valence-electron chi connectivity index (χ0n) is 13.9.